The second-order valence-corrected chi connectivity index (χ2v) is 5.65. The van der Waals surface area contributed by atoms with E-state index in [1.165, 1.54) is 38.2 Å². The van der Waals surface area contributed by atoms with Gasteiger partial charge in [0.2, 0.25) is 0 Å². The van der Waals surface area contributed by atoms with Crippen LogP contribution in [-0.4, -0.2) is 44.2 Å². The third-order valence-electron chi connectivity index (χ3n) is 3.28. The molecule has 1 aliphatic heterocycles. The van der Waals surface area contributed by atoms with E-state index < -0.39 is 0 Å². The summed E-state index contributed by atoms with van der Waals surface area (Å²) in [6, 6.07) is 8.37. The number of nitrogens with one attached hydrogen (secondary N) is 2. The molecule has 0 unspecified atom stereocenters. The molecule has 1 heterocycles. The van der Waals surface area contributed by atoms with Crippen LogP contribution in [0, 0.1) is 0 Å². The van der Waals surface area contributed by atoms with Crippen molar-refractivity contribution >= 4 is 21.6 Å². The lowest BCUT2D eigenvalue weighted by Gasteiger charge is -2.27. The first-order valence-corrected chi connectivity index (χ1v) is 7.56. The first kappa shape index (κ1) is 13.8. The summed E-state index contributed by atoms with van der Waals surface area (Å²) >= 11 is 3.44. The van der Waals surface area contributed by atoms with Crippen LogP contribution in [-0.2, 0) is 0 Å². The maximum absolute atomic E-state index is 3.46. The number of nitrogens with zero attached hydrogens (tertiary/aromatic N) is 1. The average molecular weight is 312 g/mol. The zero-order valence-corrected chi connectivity index (χ0v) is 12.4. The van der Waals surface area contributed by atoms with Crippen LogP contribution in [0.5, 0.6) is 0 Å². The van der Waals surface area contributed by atoms with E-state index in [0.29, 0.717) is 0 Å². The Balaban J connectivity index is 1.54. The summed E-state index contributed by atoms with van der Waals surface area (Å²) in [5.74, 6) is 0. The molecule has 0 saturated carbocycles. The number of anilines is 1. The normalized spacial score (nSPS) is 16.7. The Morgan fingerprint density at radius 2 is 1.83 bits per heavy atom. The summed E-state index contributed by atoms with van der Waals surface area (Å²) in [5.41, 5.74) is 1.21. The minimum Gasteiger partial charge on any atom is -0.385 e. The summed E-state index contributed by atoms with van der Waals surface area (Å²) in [6.07, 6.45) is 2.52. The number of piperazine rings is 1. The van der Waals surface area contributed by atoms with Crippen molar-refractivity contribution in [2.45, 2.75) is 12.8 Å². The van der Waals surface area contributed by atoms with E-state index in [4.69, 9.17) is 0 Å². The first-order chi connectivity index (χ1) is 8.84. The van der Waals surface area contributed by atoms with Crippen molar-refractivity contribution in [3.63, 3.8) is 0 Å². The van der Waals surface area contributed by atoms with Gasteiger partial charge in [0.05, 0.1) is 0 Å². The second-order valence-electron chi connectivity index (χ2n) is 4.73. The highest BCUT2D eigenvalue weighted by atomic mass is 79.9. The lowest BCUT2D eigenvalue weighted by Crippen LogP contribution is -2.43. The highest BCUT2D eigenvalue weighted by Gasteiger charge is 2.07. The van der Waals surface area contributed by atoms with E-state index in [-0.39, 0.29) is 0 Å². The Morgan fingerprint density at radius 1 is 1.11 bits per heavy atom. The predicted octanol–water partition coefficient (Wildman–Crippen LogP) is 2.55. The molecule has 1 fully saturated rings. The molecule has 18 heavy (non-hydrogen) atoms. The highest BCUT2D eigenvalue weighted by molar-refractivity contribution is 9.10. The van der Waals surface area contributed by atoms with Crippen LogP contribution in [0.2, 0.25) is 0 Å². The number of benzene rings is 1. The van der Waals surface area contributed by atoms with Crippen LogP contribution < -0.4 is 10.6 Å². The Labute approximate surface area is 118 Å². The van der Waals surface area contributed by atoms with Crippen molar-refractivity contribution in [1.82, 2.24) is 10.2 Å². The van der Waals surface area contributed by atoms with E-state index >= 15 is 0 Å². The van der Waals surface area contributed by atoms with Crippen LogP contribution in [0.4, 0.5) is 5.69 Å². The molecule has 1 aromatic rings. The Morgan fingerprint density at radius 3 is 2.56 bits per heavy atom. The molecule has 4 heteroatoms. The summed E-state index contributed by atoms with van der Waals surface area (Å²) < 4.78 is 1.13. The predicted molar refractivity (Wildman–Crippen MR) is 81.2 cm³/mol. The summed E-state index contributed by atoms with van der Waals surface area (Å²) in [7, 11) is 0. The molecule has 1 saturated heterocycles. The van der Waals surface area contributed by atoms with Gasteiger partial charge in [0.25, 0.3) is 0 Å². The Hall–Kier alpha value is -0.580. The fourth-order valence-electron chi connectivity index (χ4n) is 2.20. The molecular weight excluding hydrogens is 290 g/mol. The molecule has 100 valence electrons. The van der Waals surface area contributed by atoms with E-state index in [2.05, 4.69) is 55.7 Å². The van der Waals surface area contributed by atoms with Crippen molar-refractivity contribution in [2.24, 2.45) is 0 Å². The maximum atomic E-state index is 3.46. The second kappa shape index (κ2) is 7.77. The van der Waals surface area contributed by atoms with Gasteiger partial charge in [-0.05, 0) is 43.7 Å². The fraction of sp³-hybridized carbons (Fsp3) is 0.571. The molecular formula is C14H22BrN3. The summed E-state index contributed by atoms with van der Waals surface area (Å²) in [6.45, 7) is 7.02. The van der Waals surface area contributed by atoms with Gasteiger partial charge in [0, 0.05) is 42.9 Å². The van der Waals surface area contributed by atoms with E-state index in [1.807, 2.05) is 0 Å². The van der Waals surface area contributed by atoms with Gasteiger partial charge < -0.3 is 15.5 Å². The van der Waals surface area contributed by atoms with Crippen molar-refractivity contribution in [2.75, 3.05) is 44.6 Å². The first-order valence-electron chi connectivity index (χ1n) is 6.77. The van der Waals surface area contributed by atoms with Gasteiger partial charge in [-0.15, -0.1) is 0 Å². The van der Waals surface area contributed by atoms with E-state index in [0.717, 1.165) is 24.1 Å². The molecule has 0 aliphatic carbocycles. The van der Waals surface area contributed by atoms with Gasteiger partial charge in [0.1, 0.15) is 0 Å². The van der Waals surface area contributed by atoms with Gasteiger partial charge in [-0.3, -0.25) is 0 Å². The largest absolute Gasteiger partial charge is 0.385 e. The lowest BCUT2D eigenvalue weighted by atomic mass is 10.2. The van der Waals surface area contributed by atoms with Gasteiger partial charge in [0.15, 0.2) is 0 Å². The molecule has 2 N–H and O–H groups in total. The van der Waals surface area contributed by atoms with Gasteiger partial charge in [-0.2, -0.15) is 0 Å². The van der Waals surface area contributed by atoms with Gasteiger partial charge in [-0.1, -0.05) is 15.9 Å². The molecule has 0 radical (unpaired) electrons. The summed E-state index contributed by atoms with van der Waals surface area (Å²) in [4.78, 5) is 2.55. The zero-order valence-electron chi connectivity index (χ0n) is 10.8. The quantitative estimate of drug-likeness (QED) is 0.791. The van der Waals surface area contributed by atoms with Gasteiger partial charge >= 0.3 is 0 Å². The average Bonchev–Trinajstić information content (AvgIpc) is 2.42. The molecule has 0 aromatic heterocycles. The molecule has 2 rings (SSSR count). The van der Waals surface area contributed by atoms with E-state index in [1.54, 1.807) is 0 Å². The van der Waals surface area contributed by atoms with Crippen molar-refractivity contribution in [1.29, 1.82) is 0 Å². The minimum absolute atomic E-state index is 1.06. The molecule has 0 spiro atoms. The Bertz CT molecular complexity index is 333. The van der Waals surface area contributed by atoms with Gasteiger partial charge in [-0.25, -0.2) is 0 Å². The smallest absolute Gasteiger partial charge is 0.0340 e. The highest BCUT2D eigenvalue weighted by Crippen LogP contribution is 2.14. The molecule has 0 amide bonds. The number of unbranched alkanes of at least 4 members (excludes halogenated alkanes) is 1. The topological polar surface area (TPSA) is 27.3 Å². The maximum Gasteiger partial charge on any atom is 0.0340 e. The molecule has 1 aromatic carbocycles. The van der Waals surface area contributed by atoms with Crippen LogP contribution >= 0.6 is 15.9 Å². The third kappa shape index (κ3) is 4.96. The van der Waals surface area contributed by atoms with Crippen LogP contribution in [0.1, 0.15) is 12.8 Å². The van der Waals surface area contributed by atoms with Crippen molar-refractivity contribution in [3.05, 3.63) is 28.7 Å². The molecule has 0 atom stereocenters. The number of halogens is 1. The Kier molecular flexibility index (Phi) is 5.97. The number of hydrogen-bond donors (Lipinski definition) is 2. The SMILES string of the molecule is Brc1ccc(NCCCCN2CCNCC2)cc1. The minimum atomic E-state index is 1.06. The van der Waals surface area contributed by atoms with Crippen LogP contribution in [0.25, 0.3) is 0 Å². The van der Waals surface area contributed by atoms with E-state index in [9.17, 15) is 0 Å². The third-order valence-corrected chi connectivity index (χ3v) is 3.81. The summed E-state index contributed by atoms with van der Waals surface area (Å²) in [5, 5.41) is 6.84. The molecule has 0 bridgehead atoms. The van der Waals surface area contributed by atoms with Crippen molar-refractivity contribution < 1.29 is 0 Å². The monoisotopic (exact) mass is 311 g/mol. The van der Waals surface area contributed by atoms with Crippen molar-refractivity contribution in [3.8, 4) is 0 Å². The number of rotatable bonds is 6. The fourth-order valence-corrected chi connectivity index (χ4v) is 2.46. The molecule has 3 nitrogen and oxygen atoms in total. The van der Waals surface area contributed by atoms with Crippen LogP contribution in [0.15, 0.2) is 28.7 Å². The molecule has 1 aliphatic rings. The van der Waals surface area contributed by atoms with Crippen LogP contribution in [0.3, 0.4) is 0 Å². The number of hydrogen-bond acceptors (Lipinski definition) is 3. The standard InChI is InChI=1S/C14H22BrN3/c15-13-3-5-14(6-4-13)17-7-1-2-10-18-11-8-16-9-12-18/h3-6,16-17H,1-2,7-12H2. The zero-order chi connectivity index (χ0) is 12.6. The lowest BCUT2D eigenvalue weighted by molar-refractivity contribution is 0.237.